The lowest BCUT2D eigenvalue weighted by Gasteiger charge is -2.15. The quantitative estimate of drug-likeness (QED) is 0.526. The van der Waals surface area contributed by atoms with Crippen molar-refractivity contribution in [2.24, 2.45) is 4.99 Å². The van der Waals surface area contributed by atoms with Crippen molar-refractivity contribution in [2.45, 2.75) is 13.0 Å². The second-order valence-corrected chi connectivity index (χ2v) is 6.89. The third-order valence-corrected chi connectivity index (χ3v) is 4.36. The van der Waals surface area contributed by atoms with Crippen LogP contribution in [0, 0.1) is 0 Å². The third-order valence-electron chi connectivity index (χ3n) is 4.10. The molecule has 0 unspecified atom stereocenters. The Morgan fingerprint density at radius 1 is 1.04 bits per heavy atom. The number of nitrogens with zero attached hydrogens (tertiary/aromatic N) is 2. The lowest BCUT2D eigenvalue weighted by Crippen LogP contribution is -2.43. The van der Waals surface area contributed by atoms with Crippen molar-refractivity contribution in [1.29, 1.82) is 0 Å². The Morgan fingerprint density at radius 2 is 1.68 bits per heavy atom. The number of amides is 1. The number of nitrogens with one attached hydrogen (secondary N) is 2. The number of rotatable bonds is 8. The van der Waals surface area contributed by atoms with Gasteiger partial charge in [-0.1, -0.05) is 35.9 Å². The monoisotopic (exact) mass is 402 g/mol. The summed E-state index contributed by atoms with van der Waals surface area (Å²) in [6.45, 7) is 1.36. The molecule has 0 bridgehead atoms. The van der Waals surface area contributed by atoms with Gasteiger partial charge in [-0.25, -0.2) is 4.99 Å². The smallest absolute Gasteiger partial charge is 0.241 e. The zero-order chi connectivity index (χ0) is 20.4. The Kier molecular flexibility index (Phi) is 8.62. The van der Waals surface area contributed by atoms with Gasteiger partial charge in [-0.15, -0.1) is 0 Å². The highest BCUT2D eigenvalue weighted by atomic mass is 35.5. The maximum absolute atomic E-state index is 11.9. The molecule has 6 nitrogen and oxygen atoms in total. The highest BCUT2D eigenvalue weighted by Crippen LogP contribution is 2.11. The molecule has 0 fully saturated rings. The van der Waals surface area contributed by atoms with E-state index in [-0.39, 0.29) is 12.5 Å². The molecule has 0 aliphatic rings. The van der Waals surface area contributed by atoms with Crippen molar-refractivity contribution in [1.82, 2.24) is 15.5 Å². The van der Waals surface area contributed by atoms with Crippen molar-refractivity contribution in [3.05, 3.63) is 64.7 Å². The van der Waals surface area contributed by atoms with E-state index in [0.29, 0.717) is 24.1 Å². The summed E-state index contributed by atoms with van der Waals surface area (Å²) in [5, 5.41) is 7.07. The number of hydrogen-bond donors (Lipinski definition) is 2. The molecule has 0 aliphatic carbocycles. The zero-order valence-electron chi connectivity index (χ0n) is 16.5. The maximum Gasteiger partial charge on any atom is 0.241 e. The van der Waals surface area contributed by atoms with Crippen LogP contribution in [0.5, 0.6) is 5.75 Å². The van der Waals surface area contributed by atoms with Crippen LogP contribution in [0.2, 0.25) is 5.02 Å². The fraction of sp³-hybridized carbons (Fsp3) is 0.333. The number of aliphatic imine (C=N–C) groups is 1. The minimum absolute atomic E-state index is 0.0175. The van der Waals surface area contributed by atoms with Crippen LogP contribution in [0.3, 0.4) is 0 Å². The first-order chi connectivity index (χ1) is 13.5. The summed E-state index contributed by atoms with van der Waals surface area (Å²) < 4.78 is 5.18. The Hall–Kier alpha value is -2.73. The summed E-state index contributed by atoms with van der Waals surface area (Å²) in [4.78, 5) is 18.0. The lowest BCUT2D eigenvalue weighted by molar-refractivity contribution is -0.127. The van der Waals surface area contributed by atoms with E-state index < -0.39 is 0 Å². The molecule has 7 heteroatoms. The summed E-state index contributed by atoms with van der Waals surface area (Å²) in [6, 6.07) is 15.5. The fourth-order valence-corrected chi connectivity index (χ4v) is 2.50. The summed E-state index contributed by atoms with van der Waals surface area (Å²) in [5.74, 6) is 1.42. The van der Waals surface area contributed by atoms with E-state index >= 15 is 0 Å². The molecule has 0 saturated heterocycles. The summed E-state index contributed by atoms with van der Waals surface area (Å²) in [5.41, 5.74) is 2.23. The second kappa shape index (κ2) is 11.2. The zero-order valence-corrected chi connectivity index (χ0v) is 17.3. The van der Waals surface area contributed by atoms with E-state index in [2.05, 4.69) is 15.6 Å². The number of ether oxygens (including phenoxy) is 1. The normalized spacial score (nSPS) is 11.1. The van der Waals surface area contributed by atoms with Crippen LogP contribution >= 0.6 is 11.6 Å². The molecule has 0 radical (unpaired) electrons. The molecule has 0 atom stereocenters. The Balaban J connectivity index is 1.94. The van der Waals surface area contributed by atoms with Crippen molar-refractivity contribution in [3.8, 4) is 5.75 Å². The van der Waals surface area contributed by atoms with Gasteiger partial charge in [0.15, 0.2) is 5.96 Å². The average molecular weight is 403 g/mol. The molecule has 28 heavy (non-hydrogen) atoms. The van der Waals surface area contributed by atoms with Gasteiger partial charge in [0.1, 0.15) is 5.75 Å². The molecule has 1 amide bonds. The van der Waals surface area contributed by atoms with Crippen molar-refractivity contribution in [3.63, 3.8) is 0 Å². The van der Waals surface area contributed by atoms with Crippen LogP contribution in [0.25, 0.3) is 0 Å². The largest absolute Gasteiger partial charge is 0.497 e. The standard InChI is InChI=1S/C21H27ClN4O2/c1-26(2)20(27)15-25-21(24-14-17-4-8-18(22)9-5-17)23-13-12-16-6-10-19(28-3)11-7-16/h4-11H,12-15H2,1-3H3,(H2,23,24,25). The number of carbonyl (C=O) groups excluding carboxylic acids is 1. The predicted octanol–water partition coefficient (Wildman–Crippen LogP) is 2.71. The molecule has 2 aromatic rings. The first-order valence-corrected chi connectivity index (χ1v) is 9.45. The number of halogens is 1. The lowest BCUT2D eigenvalue weighted by atomic mass is 10.1. The van der Waals surface area contributed by atoms with Gasteiger partial charge in [0.05, 0.1) is 20.2 Å². The maximum atomic E-state index is 11.9. The minimum Gasteiger partial charge on any atom is -0.497 e. The van der Waals surface area contributed by atoms with Crippen molar-refractivity contribution >= 4 is 23.5 Å². The SMILES string of the molecule is COc1ccc(CCNC(=NCc2ccc(Cl)cc2)NCC(=O)N(C)C)cc1. The minimum atomic E-state index is -0.0175. The molecule has 2 rings (SSSR count). The van der Waals surface area contributed by atoms with Gasteiger partial charge >= 0.3 is 0 Å². The predicted molar refractivity (Wildman–Crippen MR) is 114 cm³/mol. The van der Waals surface area contributed by atoms with Crippen LogP contribution in [-0.4, -0.2) is 51.1 Å². The second-order valence-electron chi connectivity index (χ2n) is 6.46. The molecular weight excluding hydrogens is 376 g/mol. The Labute approximate surface area is 171 Å². The third kappa shape index (κ3) is 7.48. The number of carbonyl (C=O) groups is 1. The van der Waals surface area contributed by atoms with Crippen LogP contribution in [0.1, 0.15) is 11.1 Å². The molecule has 0 aliphatic heterocycles. The topological polar surface area (TPSA) is 66.0 Å². The summed E-state index contributed by atoms with van der Waals surface area (Å²) in [6.07, 6.45) is 0.827. The molecule has 2 N–H and O–H groups in total. The molecular formula is C21H27ClN4O2. The van der Waals surface area contributed by atoms with Crippen LogP contribution in [0.4, 0.5) is 0 Å². The molecule has 0 spiro atoms. The first kappa shape index (κ1) is 21.6. The van der Waals surface area contributed by atoms with E-state index in [0.717, 1.165) is 17.7 Å². The number of methoxy groups -OCH3 is 1. The van der Waals surface area contributed by atoms with Crippen LogP contribution in [0.15, 0.2) is 53.5 Å². The number of benzene rings is 2. The summed E-state index contributed by atoms with van der Waals surface area (Å²) in [7, 11) is 5.11. The van der Waals surface area contributed by atoms with Gasteiger partial charge < -0.3 is 20.3 Å². The molecule has 0 saturated carbocycles. The van der Waals surface area contributed by atoms with Gasteiger partial charge in [-0.3, -0.25) is 4.79 Å². The van der Waals surface area contributed by atoms with E-state index in [4.69, 9.17) is 16.3 Å². The molecule has 2 aromatic carbocycles. The van der Waals surface area contributed by atoms with E-state index in [1.54, 1.807) is 26.1 Å². The molecule has 150 valence electrons. The van der Waals surface area contributed by atoms with Crippen LogP contribution < -0.4 is 15.4 Å². The fourth-order valence-electron chi connectivity index (χ4n) is 2.37. The van der Waals surface area contributed by atoms with Gasteiger partial charge in [0, 0.05) is 25.7 Å². The van der Waals surface area contributed by atoms with Gasteiger partial charge in [-0.2, -0.15) is 0 Å². The molecule has 0 aromatic heterocycles. The van der Waals surface area contributed by atoms with E-state index in [9.17, 15) is 4.79 Å². The van der Waals surface area contributed by atoms with Gasteiger partial charge in [0.2, 0.25) is 5.91 Å². The van der Waals surface area contributed by atoms with Crippen molar-refractivity contribution in [2.75, 3.05) is 34.3 Å². The van der Waals surface area contributed by atoms with Gasteiger partial charge in [-0.05, 0) is 41.8 Å². The number of likely N-dealkylation sites (N-methyl/N-ethyl adjacent to an activating group) is 1. The highest BCUT2D eigenvalue weighted by Gasteiger charge is 2.06. The van der Waals surface area contributed by atoms with E-state index in [1.807, 2.05) is 48.5 Å². The average Bonchev–Trinajstić information content (AvgIpc) is 2.71. The first-order valence-electron chi connectivity index (χ1n) is 9.07. The van der Waals surface area contributed by atoms with Crippen LogP contribution in [-0.2, 0) is 17.8 Å². The Bertz CT molecular complexity index is 774. The molecule has 0 heterocycles. The van der Waals surface area contributed by atoms with Crippen molar-refractivity contribution < 1.29 is 9.53 Å². The highest BCUT2D eigenvalue weighted by molar-refractivity contribution is 6.30. The summed E-state index contributed by atoms with van der Waals surface area (Å²) >= 11 is 5.92. The van der Waals surface area contributed by atoms with Gasteiger partial charge in [0.25, 0.3) is 0 Å². The number of hydrogen-bond acceptors (Lipinski definition) is 3. The van der Waals surface area contributed by atoms with E-state index in [1.165, 1.54) is 5.56 Å². The number of guanidine groups is 1. The Morgan fingerprint density at radius 3 is 2.29 bits per heavy atom.